The Kier molecular flexibility index (Phi) is 3.63. The molecule has 0 nitrogen and oxygen atoms in total. The summed E-state index contributed by atoms with van der Waals surface area (Å²) in [7, 11) is 0. The Morgan fingerprint density at radius 1 is 0.882 bits per heavy atom. The van der Waals surface area contributed by atoms with Crippen molar-refractivity contribution in [2.45, 2.75) is 33.6 Å². The highest BCUT2D eigenvalue weighted by Crippen LogP contribution is 2.16. The first-order valence-corrected chi connectivity index (χ1v) is 6.33. The molecule has 0 aromatic heterocycles. The van der Waals surface area contributed by atoms with Crippen molar-refractivity contribution in [3.8, 4) is 0 Å². The second-order valence-electron chi connectivity index (χ2n) is 4.78. The van der Waals surface area contributed by atoms with Gasteiger partial charge in [-0.05, 0) is 48.9 Å². The molecular weight excluding hydrogens is 204 g/mol. The molecule has 0 saturated carbocycles. The van der Waals surface area contributed by atoms with Gasteiger partial charge in [0.1, 0.15) is 0 Å². The predicted octanol–water partition coefficient (Wildman–Crippen LogP) is 4.46. The summed E-state index contributed by atoms with van der Waals surface area (Å²) in [5, 5.41) is 0. The van der Waals surface area contributed by atoms with Crippen LogP contribution in [0.15, 0.2) is 42.5 Å². The van der Waals surface area contributed by atoms with Crippen LogP contribution in [-0.2, 0) is 12.8 Å². The first kappa shape index (κ1) is 11.9. The van der Waals surface area contributed by atoms with Gasteiger partial charge in [-0.25, -0.2) is 0 Å². The number of rotatable bonds is 3. The second-order valence-corrected chi connectivity index (χ2v) is 4.78. The molecule has 0 bridgehead atoms. The SMILES string of the molecule is CCc1cccc(Cc2ccc(C)cc2C)c1. The summed E-state index contributed by atoms with van der Waals surface area (Å²) < 4.78 is 0. The molecule has 0 heterocycles. The van der Waals surface area contributed by atoms with Crippen molar-refractivity contribution in [3.63, 3.8) is 0 Å². The van der Waals surface area contributed by atoms with E-state index in [0.717, 1.165) is 12.8 Å². The van der Waals surface area contributed by atoms with Crippen molar-refractivity contribution in [2.24, 2.45) is 0 Å². The fourth-order valence-electron chi connectivity index (χ4n) is 2.22. The Labute approximate surface area is 104 Å². The average Bonchev–Trinajstić information content (AvgIpc) is 2.33. The molecule has 0 atom stereocenters. The summed E-state index contributed by atoms with van der Waals surface area (Å²) in [6, 6.07) is 15.6. The average molecular weight is 224 g/mol. The van der Waals surface area contributed by atoms with Crippen molar-refractivity contribution in [1.82, 2.24) is 0 Å². The predicted molar refractivity (Wildman–Crippen MR) is 74.5 cm³/mol. The van der Waals surface area contributed by atoms with Gasteiger partial charge in [0.05, 0.1) is 0 Å². The van der Waals surface area contributed by atoms with E-state index in [9.17, 15) is 0 Å². The minimum Gasteiger partial charge on any atom is -0.0617 e. The highest BCUT2D eigenvalue weighted by Gasteiger charge is 2.01. The van der Waals surface area contributed by atoms with Crippen LogP contribution in [0.25, 0.3) is 0 Å². The molecule has 0 fully saturated rings. The van der Waals surface area contributed by atoms with E-state index in [4.69, 9.17) is 0 Å². The molecule has 0 amide bonds. The lowest BCUT2D eigenvalue weighted by Gasteiger charge is -2.08. The van der Waals surface area contributed by atoms with E-state index in [2.05, 4.69) is 63.2 Å². The zero-order valence-electron chi connectivity index (χ0n) is 11.0. The molecule has 0 aliphatic heterocycles. The highest BCUT2D eigenvalue weighted by molar-refractivity contribution is 5.35. The topological polar surface area (TPSA) is 0 Å². The molecule has 2 rings (SSSR count). The van der Waals surface area contributed by atoms with Crippen LogP contribution < -0.4 is 0 Å². The minimum atomic E-state index is 1.04. The number of hydrogen-bond acceptors (Lipinski definition) is 0. The number of hydrogen-bond donors (Lipinski definition) is 0. The largest absolute Gasteiger partial charge is 0.0617 e. The summed E-state index contributed by atoms with van der Waals surface area (Å²) in [4.78, 5) is 0. The highest BCUT2D eigenvalue weighted by atomic mass is 14.1. The molecule has 2 aromatic carbocycles. The summed E-state index contributed by atoms with van der Waals surface area (Å²) in [5.41, 5.74) is 7.01. The zero-order valence-corrected chi connectivity index (χ0v) is 11.0. The van der Waals surface area contributed by atoms with Gasteiger partial charge in [-0.15, -0.1) is 0 Å². The van der Waals surface area contributed by atoms with Crippen molar-refractivity contribution < 1.29 is 0 Å². The van der Waals surface area contributed by atoms with Gasteiger partial charge in [-0.1, -0.05) is 55.0 Å². The number of aryl methyl sites for hydroxylation is 3. The summed E-state index contributed by atoms with van der Waals surface area (Å²) in [5.74, 6) is 0. The van der Waals surface area contributed by atoms with Gasteiger partial charge in [-0.2, -0.15) is 0 Å². The van der Waals surface area contributed by atoms with Gasteiger partial charge in [0.25, 0.3) is 0 Å². The first-order chi connectivity index (χ1) is 8.19. The molecule has 0 N–H and O–H groups in total. The molecular formula is C17H20. The lowest BCUT2D eigenvalue weighted by molar-refractivity contribution is 1.10. The van der Waals surface area contributed by atoms with Crippen LogP contribution in [0.1, 0.15) is 34.7 Å². The van der Waals surface area contributed by atoms with E-state index < -0.39 is 0 Å². The Bertz CT molecular complexity index is 509. The lowest BCUT2D eigenvalue weighted by atomic mass is 9.97. The van der Waals surface area contributed by atoms with E-state index in [0.29, 0.717) is 0 Å². The van der Waals surface area contributed by atoms with Crippen molar-refractivity contribution in [2.75, 3.05) is 0 Å². The zero-order chi connectivity index (χ0) is 12.3. The molecule has 0 heteroatoms. The standard InChI is InChI=1S/C17H20/c1-4-15-6-5-7-16(11-15)12-17-9-8-13(2)10-14(17)3/h5-11H,4,12H2,1-3H3. The Morgan fingerprint density at radius 3 is 2.35 bits per heavy atom. The third kappa shape index (κ3) is 2.97. The molecule has 0 aliphatic carbocycles. The number of benzene rings is 2. The van der Waals surface area contributed by atoms with E-state index in [1.807, 2.05) is 0 Å². The molecule has 88 valence electrons. The molecule has 0 radical (unpaired) electrons. The van der Waals surface area contributed by atoms with Gasteiger partial charge in [0.2, 0.25) is 0 Å². The molecule has 0 aliphatic rings. The maximum Gasteiger partial charge on any atom is -0.00230 e. The third-order valence-corrected chi connectivity index (χ3v) is 3.29. The normalized spacial score (nSPS) is 10.5. The molecule has 0 saturated heterocycles. The van der Waals surface area contributed by atoms with Crippen LogP contribution in [0.5, 0.6) is 0 Å². The van der Waals surface area contributed by atoms with Crippen LogP contribution in [0.2, 0.25) is 0 Å². The second kappa shape index (κ2) is 5.18. The third-order valence-electron chi connectivity index (χ3n) is 3.29. The quantitative estimate of drug-likeness (QED) is 0.722. The van der Waals surface area contributed by atoms with Crippen LogP contribution >= 0.6 is 0 Å². The Hall–Kier alpha value is -1.56. The van der Waals surface area contributed by atoms with Gasteiger partial charge in [0.15, 0.2) is 0 Å². The van der Waals surface area contributed by atoms with Crippen molar-refractivity contribution >= 4 is 0 Å². The molecule has 17 heavy (non-hydrogen) atoms. The minimum absolute atomic E-state index is 1.04. The van der Waals surface area contributed by atoms with E-state index in [-0.39, 0.29) is 0 Å². The van der Waals surface area contributed by atoms with Crippen LogP contribution in [-0.4, -0.2) is 0 Å². The smallest absolute Gasteiger partial charge is 0.00230 e. The lowest BCUT2D eigenvalue weighted by Crippen LogP contribution is -1.93. The van der Waals surface area contributed by atoms with Crippen LogP contribution in [0, 0.1) is 13.8 Å². The van der Waals surface area contributed by atoms with Crippen molar-refractivity contribution in [1.29, 1.82) is 0 Å². The van der Waals surface area contributed by atoms with Crippen molar-refractivity contribution in [3.05, 3.63) is 70.3 Å². The molecule has 0 unspecified atom stereocenters. The van der Waals surface area contributed by atoms with Gasteiger partial charge in [-0.3, -0.25) is 0 Å². The first-order valence-electron chi connectivity index (χ1n) is 6.33. The van der Waals surface area contributed by atoms with Gasteiger partial charge in [0, 0.05) is 0 Å². The molecule has 0 spiro atoms. The van der Waals surface area contributed by atoms with E-state index >= 15 is 0 Å². The van der Waals surface area contributed by atoms with E-state index in [1.165, 1.54) is 27.8 Å². The monoisotopic (exact) mass is 224 g/mol. The maximum absolute atomic E-state index is 2.32. The molecule has 2 aromatic rings. The fourth-order valence-corrected chi connectivity index (χ4v) is 2.22. The van der Waals surface area contributed by atoms with Gasteiger partial charge < -0.3 is 0 Å². The Morgan fingerprint density at radius 2 is 1.65 bits per heavy atom. The van der Waals surface area contributed by atoms with Gasteiger partial charge >= 0.3 is 0 Å². The summed E-state index contributed by atoms with van der Waals surface area (Å²) >= 11 is 0. The Balaban J connectivity index is 2.25. The van der Waals surface area contributed by atoms with Crippen LogP contribution in [0.4, 0.5) is 0 Å². The fraction of sp³-hybridized carbons (Fsp3) is 0.294. The maximum atomic E-state index is 2.32. The van der Waals surface area contributed by atoms with E-state index in [1.54, 1.807) is 0 Å². The summed E-state index contributed by atoms with van der Waals surface area (Å²) in [6.45, 7) is 6.55. The van der Waals surface area contributed by atoms with Crippen LogP contribution in [0.3, 0.4) is 0 Å². The summed E-state index contributed by atoms with van der Waals surface area (Å²) in [6.07, 6.45) is 2.15.